The molecule has 98 valence electrons. The van der Waals surface area contributed by atoms with E-state index >= 15 is 0 Å². The molecule has 0 aliphatic carbocycles. The van der Waals surface area contributed by atoms with Gasteiger partial charge in [-0.15, -0.1) is 0 Å². The molecule has 0 aromatic heterocycles. The summed E-state index contributed by atoms with van der Waals surface area (Å²) in [6.07, 6.45) is -1.02. The number of benzene rings is 1. The lowest BCUT2D eigenvalue weighted by molar-refractivity contribution is -0.119. The predicted molar refractivity (Wildman–Crippen MR) is 68.1 cm³/mol. The first kappa shape index (κ1) is 13.4. The third kappa shape index (κ3) is 3.04. The summed E-state index contributed by atoms with van der Waals surface area (Å²) in [4.78, 5) is 23.8. The van der Waals surface area contributed by atoms with Crippen LogP contribution in [0.15, 0.2) is 18.2 Å². The van der Waals surface area contributed by atoms with Gasteiger partial charge in [-0.3, -0.25) is 9.69 Å². The molecule has 0 unspecified atom stereocenters. The molecule has 7 heteroatoms. The number of hydrogen-bond donors (Lipinski definition) is 1. The summed E-state index contributed by atoms with van der Waals surface area (Å²) >= 11 is 0. The van der Waals surface area contributed by atoms with E-state index in [1.54, 1.807) is 6.07 Å². The lowest BCUT2D eigenvalue weighted by atomic mass is 9.95. The Morgan fingerprint density at radius 1 is 1.63 bits per heavy atom. The van der Waals surface area contributed by atoms with Crippen molar-refractivity contribution in [3.63, 3.8) is 0 Å². The quantitative estimate of drug-likeness (QED) is 0.785. The van der Waals surface area contributed by atoms with Crippen molar-refractivity contribution in [2.75, 3.05) is 18.0 Å². The molecule has 1 atom stereocenters. The molecular formula is C12H12BFN2O3. The smallest absolute Gasteiger partial charge is 0.414 e. The van der Waals surface area contributed by atoms with E-state index in [2.05, 4.69) is 5.32 Å². The van der Waals surface area contributed by atoms with Crippen molar-refractivity contribution >= 4 is 31.0 Å². The maximum absolute atomic E-state index is 13.3. The highest BCUT2D eigenvalue weighted by molar-refractivity contribution is 6.32. The Balaban J connectivity index is 2.07. The summed E-state index contributed by atoms with van der Waals surface area (Å²) in [6.45, 7) is 1.86. The van der Waals surface area contributed by atoms with Crippen LogP contribution < -0.4 is 15.7 Å². The van der Waals surface area contributed by atoms with Crippen LogP contribution in [0.1, 0.15) is 6.92 Å². The van der Waals surface area contributed by atoms with Crippen LogP contribution >= 0.6 is 0 Å². The zero-order valence-corrected chi connectivity index (χ0v) is 10.4. The largest absolute Gasteiger partial charge is 0.442 e. The van der Waals surface area contributed by atoms with Gasteiger partial charge in [-0.05, 0) is 12.1 Å². The van der Waals surface area contributed by atoms with Gasteiger partial charge in [-0.25, -0.2) is 9.18 Å². The summed E-state index contributed by atoms with van der Waals surface area (Å²) in [5, 5.41) is 2.56. The number of amides is 2. The standard InChI is InChI=1S/C12H12BFN2O3/c1-7(17)15-5-9-6-16(12(18)19-9)8-2-3-10(13)11(14)4-8/h2-4,9H,5-6H2,1H3,(H,15,17)/t9-/m0/s1. The molecule has 1 aliphatic rings. The van der Waals surface area contributed by atoms with Crippen LogP contribution in [0.25, 0.3) is 0 Å². The van der Waals surface area contributed by atoms with Crippen molar-refractivity contribution in [3.8, 4) is 0 Å². The lowest BCUT2D eigenvalue weighted by Crippen LogP contribution is -2.33. The summed E-state index contributed by atoms with van der Waals surface area (Å²) < 4.78 is 18.4. The molecule has 1 aromatic rings. The Bertz CT molecular complexity index is 524. The highest BCUT2D eigenvalue weighted by Crippen LogP contribution is 2.21. The van der Waals surface area contributed by atoms with E-state index in [4.69, 9.17) is 12.6 Å². The maximum Gasteiger partial charge on any atom is 0.414 e. The Labute approximate surface area is 111 Å². The fourth-order valence-corrected chi connectivity index (χ4v) is 1.78. The number of halogens is 1. The first-order valence-electron chi connectivity index (χ1n) is 5.75. The Morgan fingerprint density at radius 2 is 2.37 bits per heavy atom. The number of nitrogens with zero attached hydrogens (tertiary/aromatic N) is 1. The number of hydrogen-bond acceptors (Lipinski definition) is 3. The molecule has 1 aliphatic heterocycles. The highest BCUT2D eigenvalue weighted by atomic mass is 19.1. The van der Waals surface area contributed by atoms with Crippen molar-refractivity contribution in [1.82, 2.24) is 5.32 Å². The second-order valence-electron chi connectivity index (χ2n) is 4.26. The molecule has 5 nitrogen and oxygen atoms in total. The topological polar surface area (TPSA) is 58.6 Å². The number of anilines is 1. The fourth-order valence-electron chi connectivity index (χ4n) is 1.78. The Kier molecular flexibility index (Phi) is 3.73. The van der Waals surface area contributed by atoms with E-state index in [0.29, 0.717) is 5.69 Å². The van der Waals surface area contributed by atoms with Gasteiger partial charge in [0.2, 0.25) is 5.91 Å². The number of rotatable bonds is 3. The molecule has 19 heavy (non-hydrogen) atoms. The molecule has 2 amide bonds. The van der Waals surface area contributed by atoms with E-state index in [1.807, 2.05) is 0 Å². The molecule has 1 fully saturated rings. The molecule has 1 aromatic carbocycles. The summed E-state index contributed by atoms with van der Waals surface area (Å²) in [5.74, 6) is -0.788. The van der Waals surface area contributed by atoms with E-state index in [9.17, 15) is 14.0 Å². The van der Waals surface area contributed by atoms with Crippen LogP contribution in [-0.4, -0.2) is 39.0 Å². The zero-order chi connectivity index (χ0) is 14.0. The maximum atomic E-state index is 13.3. The van der Waals surface area contributed by atoms with Gasteiger partial charge in [-0.2, -0.15) is 0 Å². The second kappa shape index (κ2) is 5.30. The third-order valence-corrected chi connectivity index (χ3v) is 2.75. The van der Waals surface area contributed by atoms with Gasteiger partial charge in [0.15, 0.2) is 0 Å². The zero-order valence-electron chi connectivity index (χ0n) is 10.4. The van der Waals surface area contributed by atoms with Gasteiger partial charge in [0.25, 0.3) is 0 Å². The van der Waals surface area contributed by atoms with Crippen LogP contribution in [0, 0.1) is 5.82 Å². The van der Waals surface area contributed by atoms with Gasteiger partial charge in [0.05, 0.1) is 18.8 Å². The van der Waals surface area contributed by atoms with Crippen LogP contribution in [-0.2, 0) is 9.53 Å². The molecule has 2 radical (unpaired) electrons. The number of nitrogens with one attached hydrogen (secondary N) is 1. The first-order chi connectivity index (χ1) is 8.97. The first-order valence-corrected chi connectivity index (χ1v) is 5.75. The SMILES string of the molecule is [B]c1ccc(N2C[C@H](CNC(C)=O)OC2=O)cc1F. The van der Waals surface area contributed by atoms with E-state index in [1.165, 1.54) is 24.0 Å². The minimum atomic E-state index is -0.587. The molecule has 0 bridgehead atoms. The van der Waals surface area contributed by atoms with E-state index < -0.39 is 18.0 Å². The molecule has 1 N–H and O–H groups in total. The van der Waals surface area contributed by atoms with Gasteiger partial charge in [0.1, 0.15) is 19.8 Å². The Morgan fingerprint density at radius 3 is 3.00 bits per heavy atom. The number of carbonyl (C=O) groups is 2. The van der Waals surface area contributed by atoms with Crippen molar-refractivity contribution < 1.29 is 18.7 Å². The predicted octanol–water partition coefficient (Wildman–Crippen LogP) is 0.0808. The van der Waals surface area contributed by atoms with Crippen molar-refractivity contribution in [3.05, 3.63) is 24.0 Å². The van der Waals surface area contributed by atoms with Crippen molar-refractivity contribution in [2.45, 2.75) is 13.0 Å². The van der Waals surface area contributed by atoms with Crippen LogP contribution in [0.4, 0.5) is 14.9 Å². The van der Waals surface area contributed by atoms with Gasteiger partial charge >= 0.3 is 6.09 Å². The van der Waals surface area contributed by atoms with E-state index in [-0.39, 0.29) is 24.5 Å². The third-order valence-electron chi connectivity index (χ3n) is 2.75. The van der Waals surface area contributed by atoms with Crippen LogP contribution in [0.5, 0.6) is 0 Å². The molecule has 1 saturated heterocycles. The molecule has 2 rings (SSSR count). The highest BCUT2D eigenvalue weighted by Gasteiger charge is 2.32. The number of carbonyl (C=O) groups excluding carboxylic acids is 2. The summed E-state index contributed by atoms with van der Waals surface area (Å²) in [5.41, 5.74) is 0.396. The number of cyclic esters (lactones) is 1. The van der Waals surface area contributed by atoms with Crippen LogP contribution in [0.2, 0.25) is 0 Å². The lowest BCUT2D eigenvalue weighted by Gasteiger charge is -2.13. The van der Waals surface area contributed by atoms with E-state index in [0.717, 1.165) is 0 Å². The van der Waals surface area contributed by atoms with Crippen molar-refractivity contribution in [2.24, 2.45) is 0 Å². The molecule has 0 saturated carbocycles. The molecular weight excluding hydrogens is 250 g/mol. The van der Waals surface area contributed by atoms with Crippen LogP contribution in [0.3, 0.4) is 0 Å². The second-order valence-corrected chi connectivity index (χ2v) is 4.26. The minimum absolute atomic E-state index is 0.0195. The molecule has 0 spiro atoms. The normalized spacial score (nSPS) is 18.3. The molecule has 1 heterocycles. The minimum Gasteiger partial charge on any atom is -0.442 e. The fraction of sp³-hybridized carbons (Fsp3) is 0.333. The monoisotopic (exact) mass is 262 g/mol. The van der Waals surface area contributed by atoms with Gasteiger partial charge < -0.3 is 10.1 Å². The average Bonchev–Trinajstić information content (AvgIpc) is 2.72. The van der Waals surface area contributed by atoms with Gasteiger partial charge in [0, 0.05) is 6.92 Å². The Hall–Kier alpha value is -2.05. The summed E-state index contributed by atoms with van der Waals surface area (Å²) in [6, 6.07) is 4.11. The number of ether oxygens (including phenoxy) is 1. The van der Waals surface area contributed by atoms with Gasteiger partial charge in [-0.1, -0.05) is 11.5 Å². The average molecular weight is 262 g/mol. The van der Waals surface area contributed by atoms with Crippen molar-refractivity contribution in [1.29, 1.82) is 0 Å². The summed E-state index contributed by atoms with van der Waals surface area (Å²) in [7, 11) is 5.37.